The van der Waals surface area contributed by atoms with Gasteiger partial charge >= 0.3 is 17.1 Å². The Kier molecular flexibility index (Phi) is 27.4. The van der Waals surface area contributed by atoms with Gasteiger partial charge in [0.05, 0.1) is 84.1 Å². The second-order valence-corrected chi connectivity index (χ2v) is 34.1. The fourth-order valence-corrected chi connectivity index (χ4v) is 17.8. The summed E-state index contributed by atoms with van der Waals surface area (Å²) in [6.07, 6.45) is 8.25. The van der Waals surface area contributed by atoms with Crippen LogP contribution in [-0.2, 0) is 14.4 Å². The summed E-state index contributed by atoms with van der Waals surface area (Å²) in [6, 6.07) is 5.40. The van der Waals surface area contributed by atoms with Crippen molar-refractivity contribution in [3.8, 4) is 50.8 Å². The van der Waals surface area contributed by atoms with Crippen LogP contribution in [0.5, 0.6) is 0 Å². The number of nitrogens with zero attached hydrogens (tertiary/aromatic N) is 18. The quantitative estimate of drug-likeness (QED) is 0.0282. The Morgan fingerprint density at radius 3 is 0.756 bits per heavy atom. The van der Waals surface area contributed by atoms with Crippen molar-refractivity contribution in [3.63, 3.8) is 0 Å². The topological polar surface area (TPSA) is 331 Å². The first-order valence-electron chi connectivity index (χ1n) is 42.3. The van der Waals surface area contributed by atoms with Crippen molar-refractivity contribution in [2.24, 2.45) is 0 Å². The van der Waals surface area contributed by atoms with Crippen LogP contribution in [0, 0.1) is 108 Å². The van der Waals surface area contributed by atoms with Gasteiger partial charge in [0.1, 0.15) is 34.5 Å². The third-order valence-electron chi connectivity index (χ3n) is 23.7. The lowest BCUT2D eigenvalue weighted by Crippen LogP contribution is -2.58. The smallest absolute Gasteiger partial charge is 0.355 e. The van der Waals surface area contributed by atoms with Crippen LogP contribution in [0.25, 0.3) is 83.9 Å². The number of fused-ring (bicyclic) bond motifs is 3. The van der Waals surface area contributed by atoms with Crippen LogP contribution in [0.3, 0.4) is 0 Å². The van der Waals surface area contributed by atoms with E-state index in [2.05, 4.69) is 64.6 Å². The molecule has 9 aromatic heterocycles. The van der Waals surface area contributed by atoms with E-state index >= 15 is 26.3 Å². The minimum absolute atomic E-state index is 0.00117. The summed E-state index contributed by atoms with van der Waals surface area (Å²) in [5.74, 6) is -29.9. The van der Waals surface area contributed by atoms with E-state index in [4.69, 9.17) is 17.2 Å². The molecule has 12 aromatic rings. The molecule has 15 rings (SSSR count). The average Bonchev–Trinajstić information content (AvgIpc) is 0.735. The first-order chi connectivity index (χ1) is 63.6. The summed E-state index contributed by atoms with van der Waals surface area (Å²) in [7, 11) is 0. The number of hydrogen-bond acceptors (Lipinski definition) is 21. The van der Waals surface area contributed by atoms with Gasteiger partial charge in [0.15, 0.2) is 104 Å². The number of amides is 3. The van der Waals surface area contributed by atoms with E-state index in [1.54, 1.807) is 129 Å². The molecule has 3 fully saturated rings. The van der Waals surface area contributed by atoms with Crippen LogP contribution >= 0.6 is 0 Å². The summed E-state index contributed by atoms with van der Waals surface area (Å²) >= 11 is 0. The molecule has 12 heterocycles. The molecule has 3 saturated heterocycles. The van der Waals surface area contributed by atoms with Gasteiger partial charge in [-0.05, 0) is 151 Å². The normalized spacial score (nSPS) is 17.0. The van der Waals surface area contributed by atoms with Crippen molar-refractivity contribution < 1.29 is 80.2 Å². The molecule has 0 radical (unpaired) electrons. The zero-order valence-electron chi connectivity index (χ0n) is 75.4. The summed E-state index contributed by atoms with van der Waals surface area (Å²) in [5, 5.41) is -0.00350. The van der Waals surface area contributed by atoms with Crippen LogP contribution in [0.1, 0.15) is 135 Å². The number of rotatable bonds is 15. The molecule has 0 unspecified atom stereocenters. The zero-order valence-corrected chi connectivity index (χ0v) is 75.4. The SMILES string of the molecule is C=CC(=O)N1[C@H](C)CN(c2nc(=O)n(-c3c(C)ccnc3C(C)C)c3nc(-c4c(N)c(F)c(F)c(F)c4F)c(F)cc23)C[C@@H]1C.C=CC(=O)N1[C@H](C)CN(c2nc(=O)n(-c3c(C)ccnc3C(C)C)c3nc(-c4c(N)c(F)c(F)c(F)c4F)c(F)cc23)C[C@@H]1C.C=CC(=O)N1[C@H](C)CN(c2nc(=O)n(-c3c(C)ccnc3C(C)C)c3nc(-c4c(N)c(F)c(F)c(F)c4F)c(F)cc23)C[C@@H]1C. The molecular weight excluding hydrogens is 1790 g/mol. The number of carbonyl (C=O) groups is 3. The van der Waals surface area contributed by atoms with Crippen LogP contribution in [0.4, 0.5) is 100 Å². The third-order valence-corrected chi connectivity index (χ3v) is 23.7. The number of nitrogens with two attached hydrogens (primary N) is 3. The predicted octanol–water partition coefficient (Wildman–Crippen LogP) is 15.5. The van der Waals surface area contributed by atoms with Crippen molar-refractivity contribution in [1.29, 1.82) is 0 Å². The van der Waals surface area contributed by atoms with Crippen LogP contribution in [-0.4, -0.2) is 166 Å². The van der Waals surface area contributed by atoms with Gasteiger partial charge in [0, 0.05) is 94.1 Å². The second-order valence-electron chi connectivity index (χ2n) is 34.1. The van der Waals surface area contributed by atoms with Gasteiger partial charge in [-0.15, -0.1) is 0 Å². The van der Waals surface area contributed by atoms with Crippen LogP contribution in [0.15, 0.2) is 107 Å². The largest absolute Gasteiger partial charge is 0.396 e. The van der Waals surface area contributed by atoms with Crippen molar-refractivity contribution in [1.82, 2.24) is 73.3 Å². The molecule has 708 valence electrons. The van der Waals surface area contributed by atoms with E-state index in [-0.39, 0.29) is 179 Å². The first-order valence-corrected chi connectivity index (χ1v) is 42.3. The monoisotopic (exact) mass is 1880 g/mol. The summed E-state index contributed by atoms with van der Waals surface area (Å²) < 4.78 is 225. The van der Waals surface area contributed by atoms with E-state index in [9.17, 15) is 68.3 Å². The number of piperazine rings is 3. The molecule has 3 aliphatic rings. The molecule has 6 N–H and O–H groups in total. The van der Waals surface area contributed by atoms with E-state index in [0.29, 0.717) is 33.8 Å². The molecule has 0 saturated carbocycles. The number of halogens is 15. The molecule has 0 bridgehead atoms. The lowest BCUT2D eigenvalue weighted by Gasteiger charge is -2.44. The molecule has 3 aromatic carbocycles. The highest BCUT2D eigenvalue weighted by atomic mass is 19.2. The van der Waals surface area contributed by atoms with Crippen molar-refractivity contribution >= 4 is 85.3 Å². The minimum Gasteiger partial charge on any atom is -0.396 e. The predicted molar refractivity (Wildman–Crippen MR) is 479 cm³/mol. The first kappa shape index (κ1) is 97.9. The number of aryl methyl sites for hydroxylation is 3. The van der Waals surface area contributed by atoms with Gasteiger partial charge < -0.3 is 46.6 Å². The lowest BCUT2D eigenvalue weighted by atomic mass is 10.0. The van der Waals surface area contributed by atoms with Crippen LogP contribution in [0.2, 0.25) is 0 Å². The molecule has 6 atom stereocenters. The van der Waals surface area contributed by atoms with E-state index in [1.807, 2.05) is 41.5 Å². The lowest BCUT2D eigenvalue weighted by molar-refractivity contribution is -0.131. The summed E-state index contributed by atoms with van der Waals surface area (Å²) in [4.78, 5) is 128. The third kappa shape index (κ3) is 17.2. The van der Waals surface area contributed by atoms with E-state index < -0.39 is 155 Å². The number of carbonyl (C=O) groups excluding carboxylic acids is 3. The molecule has 3 amide bonds. The highest BCUT2D eigenvalue weighted by Crippen LogP contribution is 2.44. The molecular formula is C93H90F15N21O6. The van der Waals surface area contributed by atoms with Gasteiger partial charge in [0.2, 0.25) is 17.7 Å². The molecule has 42 heteroatoms. The Bertz CT molecular complexity index is 6370. The number of benzene rings is 3. The Morgan fingerprint density at radius 2 is 0.556 bits per heavy atom. The van der Waals surface area contributed by atoms with Gasteiger partial charge in [-0.25, -0.2) is 109 Å². The molecule has 0 spiro atoms. The Labute approximate surface area is 760 Å². The van der Waals surface area contributed by atoms with Crippen molar-refractivity contribution in [2.75, 3.05) is 71.2 Å². The van der Waals surface area contributed by atoms with E-state index in [0.717, 1.165) is 31.9 Å². The maximum atomic E-state index is 15.9. The fourth-order valence-electron chi connectivity index (χ4n) is 17.8. The fraction of sp³-hybridized carbons (Fsp3) is 0.323. The minimum atomic E-state index is -2.20. The standard InChI is InChI=1S/3C31H30F5N7O2/c3*1-7-19(44)42-15(5)11-41(12-16(42)6)29-17-10-18(32)27(20-21(33)22(34)23(35)24(36)25(20)37)39-30(17)43(31(45)40-29)28-14(4)8-9-38-26(28)13(2)3/h3*7-10,13,15-16H,1,11-12,37H2,2-6H3/t3*15-,16+. The summed E-state index contributed by atoms with van der Waals surface area (Å²) in [5.41, 5.74) is 7.64. The van der Waals surface area contributed by atoms with Crippen molar-refractivity contribution in [2.45, 2.75) is 158 Å². The van der Waals surface area contributed by atoms with E-state index in [1.165, 1.54) is 18.2 Å². The highest BCUT2D eigenvalue weighted by molar-refractivity contribution is 5.96. The second kappa shape index (κ2) is 37.8. The zero-order chi connectivity index (χ0) is 99.2. The Balaban J connectivity index is 0.000000171. The summed E-state index contributed by atoms with van der Waals surface area (Å²) in [6.45, 7) is 38.7. The van der Waals surface area contributed by atoms with Crippen LogP contribution < -0.4 is 49.0 Å². The number of nitrogen functional groups attached to an aromatic ring is 3. The average molecular weight is 1880 g/mol. The molecule has 0 aliphatic carbocycles. The van der Waals surface area contributed by atoms with Crippen molar-refractivity contribution in [3.05, 3.63) is 245 Å². The Morgan fingerprint density at radius 1 is 0.348 bits per heavy atom. The molecule has 135 heavy (non-hydrogen) atoms. The number of pyridine rings is 6. The van der Waals surface area contributed by atoms with Gasteiger partial charge in [-0.3, -0.25) is 29.3 Å². The number of hydrogen-bond donors (Lipinski definition) is 3. The Hall–Kier alpha value is -14.6. The maximum absolute atomic E-state index is 15.9. The van der Waals surface area contributed by atoms with Gasteiger partial charge in [0.25, 0.3) is 0 Å². The van der Waals surface area contributed by atoms with Gasteiger partial charge in [-0.1, -0.05) is 61.3 Å². The number of anilines is 6. The highest BCUT2D eigenvalue weighted by Gasteiger charge is 2.41. The molecule has 27 nitrogen and oxygen atoms in total. The molecule has 3 aliphatic heterocycles. The number of aromatic nitrogens is 12. The maximum Gasteiger partial charge on any atom is 0.355 e. The van der Waals surface area contributed by atoms with Gasteiger partial charge in [-0.2, -0.15) is 15.0 Å².